The predicted octanol–water partition coefficient (Wildman–Crippen LogP) is 4.39. The third-order valence-corrected chi connectivity index (χ3v) is 5.44. The first-order valence-corrected chi connectivity index (χ1v) is 10.0. The molecule has 5 nitrogen and oxygen atoms in total. The Morgan fingerprint density at radius 3 is 2.67 bits per heavy atom. The molecule has 0 aliphatic heterocycles. The maximum Gasteiger partial charge on any atom is 0.274 e. The minimum atomic E-state index is -0.273. The highest BCUT2D eigenvalue weighted by molar-refractivity contribution is 7.98. The van der Waals surface area contributed by atoms with Gasteiger partial charge in [-0.05, 0) is 36.8 Å². The quantitative estimate of drug-likeness (QED) is 0.616. The van der Waals surface area contributed by atoms with Gasteiger partial charge >= 0.3 is 0 Å². The fourth-order valence-electron chi connectivity index (χ4n) is 3.02. The van der Waals surface area contributed by atoms with Crippen LogP contribution in [0.2, 0.25) is 0 Å². The molecule has 27 heavy (non-hydrogen) atoms. The first-order valence-electron chi connectivity index (χ1n) is 8.80. The van der Waals surface area contributed by atoms with Crippen LogP contribution in [-0.2, 0) is 12.1 Å². The summed E-state index contributed by atoms with van der Waals surface area (Å²) in [5.74, 6) is 1.07. The Hall–Kier alpha value is -2.73. The van der Waals surface area contributed by atoms with Crippen LogP contribution in [0.25, 0.3) is 0 Å². The number of hydrogen-bond acceptors (Lipinski definition) is 5. The standard InChI is InChI=1S/C21H20N2O3S/c1-27-19-10-6-5-9-18(19)25-14-16-13-17(23-26-16)20(24)22-21(11-12-21)15-7-3-2-4-8-15/h2-10,13H,11-12,14H2,1H3,(H,22,24). The van der Waals surface area contributed by atoms with E-state index in [-0.39, 0.29) is 23.7 Å². The number of rotatable bonds is 7. The van der Waals surface area contributed by atoms with Crippen molar-refractivity contribution >= 4 is 17.7 Å². The molecule has 4 rings (SSSR count). The Balaban J connectivity index is 1.40. The Morgan fingerprint density at radius 2 is 1.93 bits per heavy atom. The number of carbonyl (C=O) groups excluding carboxylic acids is 1. The summed E-state index contributed by atoms with van der Waals surface area (Å²) >= 11 is 1.62. The highest BCUT2D eigenvalue weighted by Gasteiger charge is 2.45. The van der Waals surface area contributed by atoms with Crippen LogP contribution >= 0.6 is 11.8 Å². The van der Waals surface area contributed by atoms with E-state index in [4.69, 9.17) is 9.26 Å². The van der Waals surface area contributed by atoms with E-state index in [2.05, 4.69) is 10.5 Å². The van der Waals surface area contributed by atoms with Crippen molar-refractivity contribution in [3.63, 3.8) is 0 Å². The first kappa shape index (κ1) is 17.7. The highest BCUT2D eigenvalue weighted by atomic mass is 32.2. The lowest BCUT2D eigenvalue weighted by atomic mass is 10.0. The van der Waals surface area contributed by atoms with E-state index in [1.165, 1.54) is 0 Å². The molecule has 2 aromatic carbocycles. The zero-order valence-electron chi connectivity index (χ0n) is 15.0. The molecule has 1 aliphatic rings. The van der Waals surface area contributed by atoms with Crippen LogP contribution in [0, 0.1) is 0 Å². The van der Waals surface area contributed by atoms with Gasteiger partial charge in [-0.2, -0.15) is 0 Å². The molecule has 1 N–H and O–H groups in total. The van der Waals surface area contributed by atoms with Crippen molar-refractivity contribution in [3.05, 3.63) is 77.7 Å². The van der Waals surface area contributed by atoms with Crippen molar-refractivity contribution in [1.29, 1.82) is 0 Å². The lowest BCUT2D eigenvalue weighted by Crippen LogP contribution is -2.35. The summed E-state index contributed by atoms with van der Waals surface area (Å²) < 4.78 is 11.1. The number of ether oxygens (including phenoxy) is 1. The predicted molar refractivity (Wildman–Crippen MR) is 104 cm³/mol. The van der Waals surface area contributed by atoms with E-state index >= 15 is 0 Å². The van der Waals surface area contributed by atoms with Gasteiger partial charge in [-0.3, -0.25) is 4.79 Å². The van der Waals surface area contributed by atoms with Crippen molar-refractivity contribution in [2.24, 2.45) is 0 Å². The molecular weight excluding hydrogens is 360 g/mol. The summed E-state index contributed by atoms with van der Waals surface area (Å²) in [6.07, 6.45) is 3.86. The van der Waals surface area contributed by atoms with E-state index in [0.717, 1.165) is 29.1 Å². The lowest BCUT2D eigenvalue weighted by Gasteiger charge is -2.16. The van der Waals surface area contributed by atoms with Crippen LogP contribution in [-0.4, -0.2) is 17.3 Å². The molecule has 0 spiro atoms. The SMILES string of the molecule is CSc1ccccc1OCc1cc(C(=O)NC2(c3ccccc3)CC2)no1. The molecule has 0 radical (unpaired) electrons. The summed E-state index contributed by atoms with van der Waals surface area (Å²) in [6.45, 7) is 0.224. The normalized spacial score (nSPS) is 14.6. The van der Waals surface area contributed by atoms with Crippen LogP contribution in [0.5, 0.6) is 5.75 Å². The van der Waals surface area contributed by atoms with E-state index in [1.54, 1.807) is 17.8 Å². The molecule has 1 heterocycles. The number of aromatic nitrogens is 1. The van der Waals surface area contributed by atoms with Gasteiger partial charge in [-0.25, -0.2) is 0 Å². The lowest BCUT2D eigenvalue weighted by molar-refractivity contribution is 0.0921. The Labute approximate surface area is 162 Å². The Kier molecular flexibility index (Phi) is 4.90. The molecule has 0 atom stereocenters. The molecule has 3 aromatic rings. The maximum atomic E-state index is 12.6. The van der Waals surface area contributed by atoms with Gasteiger partial charge in [0, 0.05) is 11.0 Å². The second-order valence-electron chi connectivity index (χ2n) is 6.52. The molecule has 0 bridgehead atoms. The first-order chi connectivity index (χ1) is 13.2. The minimum Gasteiger partial charge on any atom is -0.484 e. The summed E-state index contributed by atoms with van der Waals surface area (Å²) in [6, 6.07) is 19.5. The number of hydrogen-bond donors (Lipinski definition) is 1. The van der Waals surface area contributed by atoms with Crippen LogP contribution in [0.15, 0.2) is 70.1 Å². The van der Waals surface area contributed by atoms with Crippen molar-refractivity contribution in [2.75, 3.05) is 6.26 Å². The zero-order chi connectivity index (χ0) is 18.7. The molecule has 1 fully saturated rings. The maximum absolute atomic E-state index is 12.6. The number of amides is 1. The fraction of sp³-hybridized carbons (Fsp3) is 0.238. The molecule has 1 amide bonds. The van der Waals surface area contributed by atoms with Gasteiger partial charge in [-0.1, -0.05) is 47.6 Å². The third-order valence-electron chi connectivity index (χ3n) is 4.66. The number of nitrogens with zero attached hydrogens (tertiary/aromatic N) is 1. The number of carbonyl (C=O) groups is 1. The average Bonchev–Trinajstić information content (AvgIpc) is 3.34. The van der Waals surface area contributed by atoms with Crippen molar-refractivity contribution in [2.45, 2.75) is 29.9 Å². The van der Waals surface area contributed by atoms with Gasteiger partial charge in [0.2, 0.25) is 0 Å². The fourth-order valence-corrected chi connectivity index (χ4v) is 3.57. The molecule has 1 aromatic heterocycles. The van der Waals surface area contributed by atoms with Gasteiger partial charge < -0.3 is 14.6 Å². The van der Waals surface area contributed by atoms with Gasteiger partial charge in [0.05, 0.1) is 5.54 Å². The molecule has 1 aliphatic carbocycles. The van der Waals surface area contributed by atoms with E-state index in [0.29, 0.717) is 5.76 Å². The van der Waals surface area contributed by atoms with E-state index in [9.17, 15) is 4.79 Å². The summed E-state index contributed by atoms with van der Waals surface area (Å²) in [5, 5.41) is 7.00. The van der Waals surface area contributed by atoms with Gasteiger partial charge in [0.15, 0.2) is 11.5 Å². The zero-order valence-corrected chi connectivity index (χ0v) is 15.8. The molecule has 0 saturated heterocycles. The Bertz CT molecular complexity index is 935. The number of thioether (sulfide) groups is 1. The average molecular weight is 380 g/mol. The number of para-hydroxylation sites is 1. The summed E-state index contributed by atoms with van der Waals surface area (Å²) in [5.41, 5.74) is 1.12. The van der Waals surface area contributed by atoms with Crippen LogP contribution < -0.4 is 10.1 Å². The molecule has 138 valence electrons. The second-order valence-corrected chi connectivity index (χ2v) is 7.37. The summed E-state index contributed by atoms with van der Waals surface area (Å²) in [7, 11) is 0. The van der Waals surface area contributed by atoms with Crippen LogP contribution in [0.4, 0.5) is 0 Å². The summed E-state index contributed by atoms with van der Waals surface area (Å²) in [4.78, 5) is 13.6. The monoisotopic (exact) mass is 380 g/mol. The Morgan fingerprint density at radius 1 is 1.19 bits per heavy atom. The molecule has 1 saturated carbocycles. The number of nitrogens with one attached hydrogen (secondary N) is 1. The van der Waals surface area contributed by atoms with Gasteiger partial charge in [0.25, 0.3) is 5.91 Å². The van der Waals surface area contributed by atoms with E-state index in [1.807, 2.05) is 60.9 Å². The van der Waals surface area contributed by atoms with Gasteiger partial charge in [0.1, 0.15) is 12.4 Å². The van der Waals surface area contributed by atoms with Crippen molar-refractivity contribution < 1.29 is 14.1 Å². The largest absolute Gasteiger partial charge is 0.484 e. The van der Waals surface area contributed by atoms with Gasteiger partial charge in [-0.15, -0.1) is 11.8 Å². The van der Waals surface area contributed by atoms with Crippen molar-refractivity contribution in [1.82, 2.24) is 10.5 Å². The highest BCUT2D eigenvalue weighted by Crippen LogP contribution is 2.45. The molecular formula is C21H20N2O3S. The topological polar surface area (TPSA) is 64.4 Å². The van der Waals surface area contributed by atoms with E-state index < -0.39 is 0 Å². The van der Waals surface area contributed by atoms with Crippen molar-refractivity contribution in [3.8, 4) is 5.75 Å². The number of benzene rings is 2. The second kappa shape index (κ2) is 7.48. The molecule has 0 unspecified atom stereocenters. The van der Waals surface area contributed by atoms with Crippen LogP contribution in [0.1, 0.15) is 34.7 Å². The third kappa shape index (κ3) is 3.85. The minimum absolute atomic E-state index is 0.224. The molecule has 6 heteroatoms. The van der Waals surface area contributed by atoms with Crippen LogP contribution in [0.3, 0.4) is 0 Å². The smallest absolute Gasteiger partial charge is 0.274 e.